The van der Waals surface area contributed by atoms with Gasteiger partial charge in [0.05, 0.1) is 9.81 Å². The third kappa shape index (κ3) is 6.09. The molecule has 2 aromatic carbocycles. The van der Waals surface area contributed by atoms with Gasteiger partial charge in [-0.15, -0.1) is 23.5 Å². The van der Waals surface area contributed by atoms with Gasteiger partial charge in [0.15, 0.2) is 11.6 Å². The first-order valence-corrected chi connectivity index (χ1v) is 11.4. The topological polar surface area (TPSA) is 34.1 Å². The van der Waals surface area contributed by atoms with Gasteiger partial charge in [-0.05, 0) is 37.1 Å². The molecular weight excluding hydrogens is 396 g/mol. The van der Waals surface area contributed by atoms with Gasteiger partial charge in [-0.1, -0.05) is 78.7 Å². The van der Waals surface area contributed by atoms with Gasteiger partial charge in [-0.3, -0.25) is 9.59 Å². The van der Waals surface area contributed by atoms with Crippen LogP contribution in [0.1, 0.15) is 29.2 Å². The van der Waals surface area contributed by atoms with Crippen LogP contribution in [0, 0.1) is 13.8 Å². The van der Waals surface area contributed by atoms with Crippen molar-refractivity contribution in [2.45, 2.75) is 26.0 Å². The molecule has 2 aromatic rings. The quantitative estimate of drug-likeness (QED) is 0.314. The number of ketones is 2. The molecule has 0 saturated carbocycles. The van der Waals surface area contributed by atoms with Crippen LogP contribution in [0.25, 0.3) is 12.2 Å². The summed E-state index contributed by atoms with van der Waals surface area (Å²) in [7, 11) is 0. The van der Waals surface area contributed by atoms with Crippen LogP contribution in [-0.4, -0.2) is 22.6 Å². The van der Waals surface area contributed by atoms with E-state index < -0.39 is 0 Å². The smallest absolute Gasteiger partial charge is 0.191 e. The van der Waals surface area contributed by atoms with Crippen molar-refractivity contribution in [2.75, 3.05) is 5.75 Å². The molecule has 1 aliphatic rings. The van der Waals surface area contributed by atoms with Crippen molar-refractivity contribution in [1.29, 1.82) is 0 Å². The number of carbonyl (C=O) groups is 2. The number of allylic oxidation sites excluding steroid dienone is 3. The fourth-order valence-electron chi connectivity index (χ4n) is 2.76. The third-order valence-electron chi connectivity index (χ3n) is 4.46. The SMILES string of the molecule is Cc1ccc(/C=C/C(=O)C(C(=O)/C=C/c2ccc(C)cc2)=C2SCC(C)S2)cc1. The number of hydrogen-bond donors (Lipinski definition) is 0. The van der Waals surface area contributed by atoms with Gasteiger partial charge in [-0.2, -0.15) is 0 Å². The minimum Gasteiger partial charge on any atom is -0.289 e. The summed E-state index contributed by atoms with van der Waals surface area (Å²) in [5.74, 6) is 0.425. The molecule has 0 aliphatic carbocycles. The molecule has 2 nitrogen and oxygen atoms in total. The molecule has 148 valence electrons. The van der Waals surface area contributed by atoms with Crippen LogP contribution in [-0.2, 0) is 9.59 Å². The Bertz CT molecular complexity index is 911. The maximum atomic E-state index is 12.9. The number of aryl methyl sites for hydroxylation is 2. The normalized spacial score (nSPS) is 16.7. The Balaban J connectivity index is 1.84. The van der Waals surface area contributed by atoms with Gasteiger partial charge < -0.3 is 0 Å². The van der Waals surface area contributed by atoms with E-state index >= 15 is 0 Å². The van der Waals surface area contributed by atoms with Gasteiger partial charge in [0.25, 0.3) is 0 Å². The Kier molecular flexibility index (Phi) is 7.34. The third-order valence-corrected chi connectivity index (χ3v) is 7.44. The lowest BCUT2D eigenvalue weighted by Gasteiger charge is -2.05. The second-order valence-electron chi connectivity index (χ2n) is 7.12. The van der Waals surface area contributed by atoms with Crippen molar-refractivity contribution >= 4 is 47.2 Å². The summed E-state index contributed by atoms with van der Waals surface area (Å²) in [6.07, 6.45) is 6.56. The van der Waals surface area contributed by atoms with Gasteiger partial charge in [0.2, 0.25) is 0 Å². The maximum Gasteiger partial charge on any atom is 0.191 e. The highest BCUT2D eigenvalue weighted by Gasteiger charge is 2.26. The highest BCUT2D eigenvalue weighted by molar-refractivity contribution is 8.25. The number of benzene rings is 2. The molecule has 1 heterocycles. The number of hydrogen-bond acceptors (Lipinski definition) is 4. The molecule has 0 amide bonds. The van der Waals surface area contributed by atoms with Crippen LogP contribution in [0.15, 0.2) is 70.5 Å². The fourth-order valence-corrected chi connectivity index (χ4v) is 5.62. The molecule has 1 unspecified atom stereocenters. The summed E-state index contributed by atoms with van der Waals surface area (Å²) < 4.78 is 0.828. The molecular formula is C25H24O2S2. The van der Waals surface area contributed by atoms with E-state index in [1.807, 2.05) is 62.4 Å². The lowest BCUT2D eigenvalue weighted by molar-refractivity contribution is -0.116. The predicted octanol–water partition coefficient (Wildman–Crippen LogP) is 6.25. The second kappa shape index (κ2) is 9.95. The first-order valence-electron chi connectivity index (χ1n) is 9.54. The summed E-state index contributed by atoms with van der Waals surface area (Å²) in [6.45, 7) is 6.16. The van der Waals surface area contributed by atoms with Crippen LogP contribution in [0.2, 0.25) is 0 Å². The van der Waals surface area contributed by atoms with Crippen molar-refractivity contribution in [3.63, 3.8) is 0 Å². The molecule has 1 saturated heterocycles. The molecule has 3 rings (SSSR count). The zero-order valence-corrected chi connectivity index (χ0v) is 18.5. The van der Waals surface area contributed by atoms with Crippen molar-refractivity contribution in [1.82, 2.24) is 0 Å². The highest BCUT2D eigenvalue weighted by atomic mass is 32.2. The molecule has 4 heteroatoms. The summed E-state index contributed by atoms with van der Waals surface area (Å²) in [5.41, 5.74) is 4.49. The second-order valence-corrected chi connectivity index (χ2v) is 9.86. The molecule has 0 aromatic heterocycles. The monoisotopic (exact) mass is 420 g/mol. The summed E-state index contributed by atoms with van der Waals surface area (Å²) >= 11 is 3.21. The number of carbonyl (C=O) groups excluding carboxylic acids is 2. The standard InChI is InChI=1S/C25H24O2S2/c1-17-4-8-20(9-5-17)12-14-22(26)24(25-28-16-19(3)29-25)23(27)15-13-21-10-6-18(2)7-11-21/h4-15,19H,16H2,1-3H3/b14-12+,15-13+. The van der Waals surface area contributed by atoms with Crippen LogP contribution in [0.4, 0.5) is 0 Å². The number of thioether (sulfide) groups is 2. The lowest BCUT2D eigenvalue weighted by atomic mass is 10.0. The zero-order valence-electron chi connectivity index (χ0n) is 16.8. The summed E-state index contributed by atoms with van der Waals surface area (Å²) in [4.78, 5) is 25.9. The van der Waals surface area contributed by atoms with Gasteiger partial charge >= 0.3 is 0 Å². The van der Waals surface area contributed by atoms with Crippen molar-refractivity contribution in [3.8, 4) is 0 Å². The number of rotatable bonds is 6. The lowest BCUT2D eigenvalue weighted by Crippen LogP contribution is -2.10. The Morgan fingerprint density at radius 1 is 0.828 bits per heavy atom. The molecule has 0 bridgehead atoms. The maximum absolute atomic E-state index is 12.9. The van der Waals surface area contributed by atoms with Crippen LogP contribution in [0.3, 0.4) is 0 Å². The molecule has 1 atom stereocenters. The molecule has 0 radical (unpaired) electrons. The Morgan fingerprint density at radius 3 is 1.66 bits per heavy atom. The van der Waals surface area contributed by atoms with Gasteiger partial charge in [0, 0.05) is 11.0 Å². The molecule has 29 heavy (non-hydrogen) atoms. The van der Waals surface area contributed by atoms with E-state index in [2.05, 4.69) is 6.92 Å². The van der Waals surface area contributed by atoms with E-state index in [0.29, 0.717) is 5.25 Å². The van der Waals surface area contributed by atoms with E-state index in [-0.39, 0.29) is 17.1 Å². The first-order chi connectivity index (χ1) is 13.9. The van der Waals surface area contributed by atoms with Crippen LogP contribution in [0.5, 0.6) is 0 Å². The van der Waals surface area contributed by atoms with E-state index in [1.165, 1.54) is 23.3 Å². The minimum atomic E-state index is -0.242. The van der Waals surface area contributed by atoms with Crippen molar-refractivity contribution in [2.24, 2.45) is 0 Å². The minimum absolute atomic E-state index is 0.242. The van der Waals surface area contributed by atoms with E-state index in [1.54, 1.807) is 35.7 Å². The fraction of sp³-hybridized carbons (Fsp3) is 0.200. The Morgan fingerprint density at radius 2 is 1.28 bits per heavy atom. The molecule has 0 spiro atoms. The van der Waals surface area contributed by atoms with E-state index in [9.17, 15) is 9.59 Å². The van der Waals surface area contributed by atoms with Crippen molar-refractivity contribution < 1.29 is 9.59 Å². The molecule has 1 fully saturated rings. The largest absolute Gasteiger partial charge is 0.289 e. The predicted molar refractivity (Wildman–Crippen MR) is 127 cm³/mol. The zero-order chi connectivity index (χ0) is 20.8. The Labute approximate surface area is 181 Å². The average molecular weight is 421 g/mol. The molecule has 1 aliphatic heterocycles. The van der Waals surface area contributed by atoms with E-state index in [0.717, 1.165) is 21.1 Å². The van der Waals surface area contributed by atoms with E-state index in [4.69, 9.17) is 0 Å². The van der Waals surface area contributed by atoms with Crippen LogP contribution < -0.4 is 0 Å². The highest BCUT2D eigenvalue weighted by Crippen LogP contribution is 2.43. The average Bonchev–Trinajstić information content (AvgIpc) is 3.13. The van der Waals surface area contributed by atoms with Gasteiger partial charge in [-0.25, -0.2) is 0 Å². The molecule has 0 N–H and O–H groups in total. The summed E-state index contributed by atoms with van der Waals surface area (Å²) in [6, 6.07) is 15.9. The van der Waals surface area contributed by atoms with Gasteiger partial charge in [0.1, 0.15) is 0 Å². The Hall–Kier alpha value is -2.30. The van der Waals surface area contributed by atoms with Crippen LogP contribution >= 0.6 is 23.5 Å². The first kappa shape index (κ1) is 21.4. The summed E-state index contributed by atoms with van der Waals surface area (Å²) in [5, 5.41) is 0.396. The van der Waals surface area contributed by atoms with Crippen molar-refractivity contribution in [3.05, 3.63) is 92.7 Å².